The Bertz CT molecular complexity index is 1310. The van der Waals surface area contributed by atoms with Gasteiger partial charge in [0.05, 0.1) is 33.7 Å². The molecule has 0 atom stereocenters. The Hall–Kier alpha value is -3.50. The van der Waals surface area contributed by atoms with Gasteiger partial charge < -0.3 is 25.1 Å². The Morgan fingerprint density at radius 2 is 2.03 bits per heavy atom. The molecule has 0 unspecified atom stereocenters. The molecule has 10 heteroatoms. The number of carbonyl (C=O) groups excluding carboxylic acids is 1. The zero-order valence-electron chi connectivity index (χ0n) is 19.2. The van der Waals surface area contributed by atoms with Gasteiger partial charge in [-0.15, -0.1) is 11.3 Å². The van der Waals surface area contributed by atoms with E-state index in [4.69, 9.17) is 15.2 Å². The number of esters is 1. The second-order valence-corrected chi connectivity index (χ2v) is 9.74. The van der Waals surface area contributed by atoms with Crippen molar-refractivity contribution >= 4 is 33.2 Å². The van der Waals surface area contributed by atoms with E-state index >= 15 is 0 Å². The predicted molar refractivity (Wildman–Crippen MR) is 130 cm³/mol. The second kappa shape index (κ2) is 9.78. The first-order valence-corrected chi connectivity index (χ1v) is 11.6. The number of nitrogens with one attached hydrogen (secondary N) is 1. The molecule has 3 N–H and O–H groups in total. The molecule has 4 rings (SSSR count). The summed E-state index contributed by atoms with van der Waals surface area (Å²) in [6, 6.07) is 7.95. The standard InChI is InChI=1S/C24H26FN5O3S/c1-24(2,3)33-22(31)12-27-8-9-30-13-18(29-14-30)21-11-17-23(34-21)20(6-7-28-17)32-19-5-4-15(26)10-16(19)25/h4-7,10-11,13-14,27H,8-9,12,26H2,1-3H3. The molecule has 0 fully saturated rings. The topological polar surface area (TPSA) is 104 Å². The van der Waals surface area contributed by atoms with E-state index in [0.717, 1.165) is 20.8 Å². The van der Waals surface area contributed by atoms with Crippen LogP contribution < -0.4 is 15.8 Å². The number of aromatic nitrogens is 3. The first kappa shape index (κ1) is 23.7. The number of hydrogen-bond acceptors (Lipinski definition) is 8. The van der Waals surface area contributed by atoms with E-state index in [2.05, 4.69) is 15.3 Å². The molecule has 0 amide bonds. The third-order valence-corrected chi connectivity index (χ3v) is 5.83. The number of nitrogens with two attached hydrogens (primary N) is 1. The fraction of sp³-hybridized carbons (Fsp3) is 0.292. The van der Waals surface area contributed by atoms with E-state index in [0.29, 0.717) is 24.5 Å². The van der Waals surface area contributed by atoms with Crippen LogP contribution in [0.25, 0.3) is 20.8 Å². The highest BCUT2D eigenvalue weighted by Crippen LogP contribution is 2.39. The monoisotopic (exact) mass is 483 g/mol. The molecule has 1 aromatic carbocycles. The van der Waals surface area contributed by atoms with E-state index in [9.17, 15) is 9.18 Å². The van der Waals surface area contributed by atoms with E-state index in [1.54, 1.807) is 24.7 Å². The van der Waals surface area contributed by atoms with Gasteiger partial charge in [0.2, 0.25) is 0 Å². The number of hydrogen-bond donors (Lipinski definition) is 2. The van der Waals surface area contributed by atoms with Gasteiger partial charge in [-0.2, -0.15) is 0 Å². The number of halogens is 1. The van der Waals surface area contributed by atoms with Crippen LogP contribution >= 0.6 is 11.3 Å². The number of nitrogens with zero attached hydrogens (tertiary/aromatic N) is 3. The number of carbonyl (C=O) groups is 1. The zero-order chi connectivity index (χ0) is 24.3. The third-order valence-electron chi connectivity index (χ3n) is 4.67. The largest absolute Gasteiger partial charge is 0.459 e. The van der Waals surface area contributed by atoms with Crippen molar-refractivity contribution in [1.29, 1.82) is 0 Å². The number of ether oxygens (including phenoxy) is 2. The summed E-state index contributed by atoms with van der Waals surface area (Å²) in [5, 5.41) is 3.08. The highest BCUT2D eigenvalue weighted by molar-refractivity contribution is 7.22. The smallest absolute Gasteiger partial charge is 0.320 e. The number of thiophene rings is 1. The van der Waals surface area contributed by atoms with Gasteiger partial charge in [-0.25, -0.2) is 9.37 Å². The SMILES string of the molecule is CC(C)(C)OC(=O)CNCCn1cnc(-c2cc3nccc(Oc4ccc(N)cc4F)c3s2)c1. The van der Waals surface area contributed by atoms with Crippen molar-refractivity contribution in [3.8, 4) is 22.1 Å². The lowest BCUT2D eigenvalue weighted by atomic mass is 10.2. The van der Waals surface area contributed by atoms with Crippen LogP contribution in [0.3, 0.4) is 0 Å². The molecule has 0 spiro atoms. The van der Waals surface area contributed by atoms with Crippen molar-refractivity contribution < 1.29 is 18.7 Å². The second-order valence-electron chi connectivity index (χ2n) is 8.69. The van der Waals surface area contributed by atoms with Crippen LogP contribution in [-0.4, -0.2) is 39.2 Å². The summed E-state index contributed by atoms with van der Waals surface area (Å²) in [5.74, 6) is -0.204. The average molecular weight is 484 g/mol. The molecule has 0 aliphatic carbocycles. The van der Waals surface area contributed by atoms with Gasteiger partial charge in [0.25, 0.3) is 0 Å². The summed E-state index contributed by atoms with van der Waals surface area (Å²) in [7, 11) is 0. The van der Waals surface area contributed by atoms with Gasteiger partial charge in [-0.1, -0.05) is 0 Å². The number of pyridine rings is 1. The molecule has 8 nitrogen and oxygen atoms in total. The Balaban J connectivity index is 1.42. The predicted octanol–water partition coefficient (Wildman–Crippen LogP) is 4.60. The molecule has 3 heterocycles. The minimum atomic E-state index is -0.527. The first-order chi connectivity index (χ1) is 16.2. The minimum Gasteiger partial charge on any atom is -0.459 e. The average Bonchev–Trinajstić information content (AvgIpc) is 3.39. The molecule has 3 aromatic heterocycles. The van der Waals surface area contributed by atoms with Crippen LogP contribution in [0.1, 0.15) is 20.8 Å². The number of benzene rings is 1. The molecule has 0 saturated carbocycles. The van der Waals surface area contributed by atoms with Crippen LogP contribution in [-0.2, 0) is 16.1 Å². The Kier molecular flexibility index (Phi) is 6.80. The van der Waals surface area contributed by atoms with Crippen molar-refractivity contribution in [1.82, 2.24) is 19.9 Å². The highest BCUT2D eigenvalue weighted by atomic mass is 32.1. The Labute approximate surface area is 200 Å². The maximum absolute atomic E-state index is 14.2. The van der Waals surface area contributed by atoms with Gasteiger partial charge >= 0.3 is 5.97 Å². The van der Waals surface area contributed by atoms with Crippen LogP contribution in [0.5, 0.6) is 11.5 Å². The third kappa shape index (κ3) is 5.89. The van der Waals surface area contributed by atoms with Crippen molar-refractivity contribution in [3.05, 3.63) is 54.9 Å². The molecular formula is C24H26FN5O3S. The summed E-state index contributed by atoms with van der Waals surface area (Å²) in [5.41, 5.74) is 6.98. The number of nitrogen functional groups attached to an aromatic ring is 1. The number of rotatable bonds is 8. The number of anilines is 1. The first-order valence-electron chi connectivity index (χ1n) is 10.7. The van der Waals surface area contributed by atoms with E-state index in [1.165, 1.54) is 23.5 Å². The maximum Gasteiger partial charge on any atom is 0.320 e. The highest BCUT2D eigenvalue weighted by Gasteiger charge is 2.16. The molecule has 0 saturated heterocycles. The van der Waals surface area contributed by atoms with Gasteiger partial charge in [0.1, 0.15) is 11.4 Å². The number of imidazole rings is 1. The lowest BCUT2D eigenvalue weighted by molar-refractivity contribution is -0.153. The molecule has 4 aromatic rings. The van der Waals surface area contributed by atoms with Crippen molar-refractivity contribution in [2.24, 2.45) is 0 Å². The fourth-order valence-electron chi connectivity index (χ4n) is 3.23. The fourth-order valence-corrected chi connectivity index (χ4v) is 4.25. The summed E-state index contributed by atoms with van der Waals surface area (Å²) in [6.45, 7) is 6.91. The maximum atomic E-state index is 14.2. The van der Waals surface area contributed by atoms with Gasteiger partial charge in [0, 0.05) is 43.3 Å². The molecule has 0 aliphatic rings. The Morgan fingerprint density at radius 3 is 2.79 bits per heavy atom. The van der Waals surface area contributed by atoms with Gasteiger partial charge in [0.15, 0.2) is 11.6 Å². The van der Waals surface area contributed by atoms with Gasteiger partial charge in [-0.05, 0) is 39.0 Å². The quantitative estimate of drug-likeness (QED) is 0.214. The van der Waals surface area contributed by atoms with Crippen LogP contribution in [0.15, 0.2) is 49.1 Å². The van der Waals surface area contributed by atoms with Crippen LogP contribution in [0.4, 0.5) is 10.1 Å². The van der Waals surface area contributed by atoms with Crippen molar-refractivity contribution in [2.45, 2.75) is 32.9 Å². The minimum absolute atomic E-state index is 0.0970. The summed E-state index contributed by atoms with van der Waals surface area (Å²) in [4.78, 5) is 21.6. The van der Waals surface area contributed by atoms with E-state index in [-0.39, 0.29) is 18.3 Å². The van der Waals surface area contributed by atoms with Crippen molar-refractivity contribution in [2.75, 3.05) is 18.8 Å². The summed E-state index contributed by atoms with van der Waals surface area (Å²) < 4.78 is 28.0. The van der Waals surface area contributed by atoms with Crippen LogP contribution in [0, 0.1) is 5.82 Å². The van der Waals surface area contributed by atoms with Crippen LogP contribution in [0.2, 0.25) is 0 Å². The van der Waals surface area contributed by atoms with Gasteiger partial charge in [-0.3, -0.25) is 9.78 Å². The number of fused-ring (bicyclic) bond motifs is 1. The molecule has 178 valence electrons. The molecule has 34 heavy (non-hydrogen) atoms. The molecular weight excluding hydrogens is 457 g/mol. The molecule has 0 radical (unpaired) electrons. The lowest BCUT2D eigenvalue weighted by Gasteiger charge is -2.19. The summed E-state index contributed by atoms with van der Waals surface area (Å²) in [6.07, 6.45) is 5.29. The molecule has 0 bridgehead atoms. The summed E-state index contributed by atoms with van der Waals surface area (Å²) >= 11 is 1.47. The Morgan fingerprint density at radius 1 is 1.21 bits per heavy atom. The van der Waals surface area contributed by atoms with Crippen molar-refractivity contribution in [3.63, 3.8) is 0 Å². The van der Waals surface area contributed by atoms with E-state index < -0.39 is 11.4 Å². The molecule has 0 aliphatic heterocycles. The zero-order valence-corrected chi connectivity index (χ0v) is 20.0. The van der Waals surface area contributed by atoms with E-state index in [1.807, 2.05) is 37.6 Å². The normalized spacial score (nSPS) is 11.6. The lowest BCUT2D eigenvalue weighted by Crippen LogP contribution is -2.32.